The number of fused-ring (bicyclic) bond motifs is 3. The second kappa shape index (κ2) is 13.0. The molecule has 1 atom stereocenters. The van der Waals surface area contributed by atoms with Gasteiger partial charge in [0.2, 0.25) is 5.95 Å². The Labute approximate surface area is 262 Å². The summed E-state index contributed by atoms with van der Waals surface area (Å²) in [6.07, 6.45) is 2.99. The molecular formula is C32H38N8O5. The fourth-order valence-corrected chi connectivity index (χ4v) is 5.92. The van der Waals surface area contributed by atoms with E-state index >= 15 is 0 Å². The van der Waals surface area contributed by atoms with Crippen molar-refractivity contribution < 1.29 is 23.9 Å². The summed E-state index contributed by atoms with van der Waals surface area (Å²) in [5.41, 5.74) is 2.57. The number of hydrogen-bond acceptors (Lipinski definition) is 10. The van der Waals surface area contributed by atoms with Gasteiger partial charge in [0.05, 0.1) is 25.5 Å². The van der Waals surface area contributed by atoms with Gasteiger partial charge in [0.15, 0.2) is 5.82 Å². The lowest BCUT2D eigenvalue weighted by molar-refractivity contribution is -0.120. The average Bonchev–Trinajstić information content (AvgIpc) is 3.07. The number of ether oxygens (including phenoxy) is 2. The molecule has 0 aliphatic carbocycles. The first-order valence-corrected chi connectivity index (χ1v) is 15.1. The van der Waals surface area contributed by atoms with Gasteiger partial charge in [0.25, 0.3) is 11.8 Å². The Kier molecular flexibility index (Phi) is 8.69. The van der Waals surface area contributed by atoms with Gasteiger partial charge in [-0.3, -0.25) is 9.59 Å². The van der Waals surface area contributed by atoms with E-state index in [-0.39, 0.29) is 31.0 Å². The van der Waals surface area contributed by atoms with E-state index in [2.05, 4.69) is 27.6 Å². The van der Waals surface area contributed by atoms with Gasteiger partial charge in [-0.2, -0.15) is 4.98 Å². The standard InChI is InChI=1S/C32H38N8O5/c1-37-13-11-23(12-14-37)34-29(41)22-9-10-24(27(17-22)44-3)35-31-33-18-25-28(36-31)40-16-15-39(19-26(40)30(42)38(25)2)32(43)45-20-21-7-5-4-6-8-21/h4-10,17-18,23,26H,11-16,19-20H2,1-3H3,(H,34,41)(H,33,35,36)/t26-/m1/s1. The molecule has 3 aliphatic rings. The number of rotatable bonds is 7. The molecule has 236 valence electrons. The molecule has 2 aromatic carbocycles. The molecule has 13 heteroatoms. The maximum absolute atomic E-state index is 13.3. The number of nitrogens with one attached hydrogen (secondary N) is 2. The molecule has 0 unspecified atom stereocenters. The van der Waals surface area contributed by atoms with Crippen LogP contribution >= 0.6 is 0 Å². The number of benzene rings is 2. The Balaban J connectivity index is 1.14. The molecule has 0 saturated carbocycles. The summed E-state index contributed by atoms with van der Waals surface area (Å²) in [6.45, 7) is 3.04. The minimum absolute atomic E-state index is 0.138. The summed E-state index contributed by atoms with van der Waals surface area (Å²) >= 11 is 0. The van der Waals surface area contributed by atoms with Crippen LogP contribution in [0.15, 0.2) is 54.7 Å². The van der Waals surface area contributed by atoms with Crippen molar-refractivity contribution in [3.8, 4) is 5.75 Å². The molecule has 2 fully saturated rings. The molecule has 2 saturated heterocycles. The summed E-state index contributed by atoms with van der Waals surface area (Å²) in [7, 11) is 5.31. The molecule has 0 radical (unpaired) electrons. The van der Waals surface area contributed by atoms with E-state index in [0.717, 1.165) is 31.5 Å². The third-order valence-corrected chi connectivity index (χ3v) is 8.61. The van der Waals surface area contributed by atoms with E-state index in [1.54, 1.807) is 43.5 Å². The van der Waals surface area contributed by atoms with Crippen molar-refractivity contribution in [3.05, 3.63) is 65.9 Å². The number of carbonyl (C=O) groups is 3. The maximum Gasteiger partial charge on any atom is 0.410 e. The van der Waals surface area contributed by atoms with Crippen LogP contribution in [0.4, 0.5) is 27.9 Å². The normalized spacial score (nSPS) is 18.6. The number of amides is 3. The van der Waals surface area contributed by atoms with E-state index in [9.17, 15) is 14.4 Å². The van der Waals surface area contributed by atoms with Crippen molar-refractivity contribution >= 4 is 41.0 Å². The lowest BCUT2D eigenvalue weighted by Crippen LogP contribution is -2.63. The first-order valence-electron chi connectivity index (χ1n) is 15.1. The SMILES string of the molecule is COc1cc(C(=O)NC2CCN(C)CC2)ccc1Nc1ncc2c(n1)N1CCN(C(=O)OCc3ccccc3)C[C@@H]1C(=O)N2C. The molecule has 2 N–H and O–H groups in total. The molecule has 4 heterocycles. The van der Waals surface area contributed by atoms with Gasteiger partial charge in [0, 0.05) is 31.7 Å². The number of carbonyl (C=O) groups excluding carboxylic acids is 3. The van der Waals surface area contributed by atoms with Gasteiger partial charge in [-0.25, -0.2) is 9.78 Å². The minimum atomic E-state index is -0.611. The molecule has 6 rings (SSSR count). The molecular weight excluding hydrogens is 576 g/mol. The zero-order chi connectivity index (χ0) is 31.5. The zero-order valence-electron chi connectivity index (χ0n) is 25.7. The Bertz CT molecular complexity index is 1560. The number of piperazine rings is 1. The monoisotopic (exact) mass is 614 g/mol. The quantitative estimate of drug-likeness (QED) is 0.410. The summed E-state index contributed by atoms with van der Waals surface area (Å²) in [5, 5.41) is 6.34. The first kappa shape index (κ1) is 30.1. The lowest BCUT2D eigenvalue weighted by atomic mass is 10.0. The summed E-state index contributed by atoms with van der Waals surface area (Å²) in [4.78, 5) is 55.7. The van der Waals surface area contributed by atoms with E-state index in [1.165, 1.54) is 4.90 Å². The van der Waals surface area contributed by atoms with Crippen molar-refractivity contribution in [2.75, 3.05) is 69.0 Å². The highest BCUT2D eigenvalue weighted by atomic mass is 16.6. The van der Waals surface area contributed by atoms with Gasteiger partial charge in [-0.15, -0.1) is 0 Å². The van der Waals surface area contributed by atoms with E-state index in [1.807, 2.05) is 35.2 Å². The van der Waals surface area contributed by atoms with Crippen molar-refractivity contribution in [1.82, 2.24) is 25.1 Å². The van der Waals surface area contributed by atoms with Gasteiger partial charge >= 0.3 is 6.09 Å². The van der Waals surface area contributed by atoms with Crippen LogP contribution in [-0.2, 0) is 16.1 Å². The van der Waals surface area contributed by atoms with Crippen molar-refractivity contribution in [3.63, 3.8) is 0 Å². The Morgan fingerprint density at radius 1 is 1.02 bits per heavy atom. The van der Waals surface area contributed by atoms with Crippen LogP contribution in [0.3, 0.4) is 0 Å². The van der Waals surface area contributed by atoms with Crippen LogP contribution in [0, 0.1) is 0 Å². The third kappa shape index (κ3) is 6.48. The number of piperidine rings is 1. The Hall–Kier alpha value is -4.91. The molecule has 3 aliphatic heterocycles. The lowest BCUT2D eigenvalue weighted by Gasteiger charge is -2.45. The minimum Gasteiger partial charge on any atom is -0.495 e. The Morgan fingerprint density at radius 3 is 2.56 bits per heavy atom. The average molecular weight is 615 g/mol. The third-order valence-electron chi connectivity index (χ3n) is 8.61. The van der Waals surface area contributed by atoms with Crippen LogP contribution in [0.1, 0.15) is 28.8 Å². The van der Waals surface area contributed by atoms with Crippen molar-refractivity contribution in [1.29, 1.82) is 0 Å². The topological polar surface area (TPSA) is 132 Å². The predicted molar refractivity (Wildman–Crippen MR) is 169 cm³/mol. The Morgan fingerprint density at radius 2 is 1.80 bits per heavy atom. The van der Waals surface area contributed by atoms with Gasteiger partial charge in [-0.05, 0) is 56.7 Å². The molecule has 3 amide bonds. The van der Waals surface area contributed by atoms with Crippen molar-refractivity contribution in [2.24, 2.45) is 0 Å². The van der Waals surface area contributed by atoms with Crippen LogP contribution < -0.4 is 25.2 Å². The molecule has 1 aromatic heterocycles. The van der Waals surface area contributed by atoms with Gasteiger partial charge in [0.1, 0.15) is 24.1 Å². The van der Waals surface area contributed by atoms with Gasteiger partial charge in [-0.1, -0.05) is 30.3 Å². The smallest absolute Gasteiger partial charge is 0.410 e. The number of likely N-dealkylation sites (tertiary alicyclic amines) is 1. The largest absolute Gasteiger partial charge is 0.495 e. The number of hydrogen-bond donors (Lipinski definition) is 2. The van der Waals surface area contributed by atoms with Crippen LogP contribution in [-0.4, -0.2) is 104 Å². The molecule has 0 spiro atoms. The van der Waals surface area contributed by atoms with E-state index in [4.69, 9.17) is 14.5 Å². The number of nitrogens with zero attached hydrogens (tertiary/aromatic N) is 6. The molecule has 0 bridgehead atoms. The number of methoxy groups -OCH3 is 1. The fraction of sp³-hybridized carbons (Fsp3) is 0.406. The zero-order valence-corrected chi connectivity index (χ0v) is 25.7. The number of likely N-dealkylation sites (N-methyl/N-ethyl adjacent to an activating group) is 1. The highest BCUT2D eigenvalue weighted by Gasteiger charge is 2.43. The molecule has 3 aromatic rings. The highest BCUT2D eigenvalue weighted by Crippen LogP contribution is 2.36. The van der Waals surface area contributed by atoms with E-state index in [0.29, 0.717) is 47.5 Å². The summed E-state index contributed by atoms with van der Waals surface area (Å²) in [6, 6.07) is 14.2. The molecule has 13 nitrogen and oxygen atoms in total. The highest BCUT2D eigenvalue weighted by molar-refractivity contribution is 6.05. The maximum atomic E-state index is 13.3. The van der Waals surface area contributed by atoms with Crippen LogP contribution in [0.2, 0.25) is 0 Å². The van der Waals surface area contributed by atoms with E-state index < -0.39 is 12.1 Å². The number of anilines is 4. The predicted octanol–water partition coefficient (Wildman–Crippen LogP) is 2.86. The second-order valence-electron chi connectivity index (χ2n) is 11.6. The first-order chi connectivity index (χ1) is 21.8. The second-order valence-corrected chi connectivity index (χ2v) is 11.6. The summed E-state index contributed by atoms with van der Waals surface area (Å²) < 4.78 is 11.1. The van der Waals surface area contributed by atoms with Crippen LogP contribution in [0.5, 0.6) is 5.75 Å². The number of aromatic nitrogens is 2. The summed E-state index contributed by atoms with van der Waals surface area (Å²) in [5.74, 6) is 1.08. The van der Waals surface area contributed by atoms with Crippen molar-refractivity contribution in [2.45, 2.75) is 31.5 Å². The molecule has 45 heavy (non-hydrogen) atoms. The van der Waals surface area contributed by atoms with Gasteiger partial charge < -0.3 is 39.7 Å². The fourth-order valence-electron chi connectivity index (χ4n) is 5.92. The van der Waals surface area contributed by atoms with Crippen LogP contribution in [0.25, 0.3) is 0 Å².